The van der Waals surface area contributed by atoms with Gasteiger partial charge in [0.2, 0.25) is 0 Å². The summed E-state index contributed by atoms with van der Waals surface area (Å²) in [6.07, 6.45) is 1.48. The van der Waals surface area contributed by atoms with E-state index < -0.39 is 17.7 Å². The third-order valence-corrected chi connectivity index (χ3v) is 5.34. The largest absolute Gasteiger partial charge is 0.507 e. The van der Waals surface area contributed by atoms with Gasteiger partial charge in [0.05, 0.1) is 11.8 Å². The Kier molecular flexibility index (Phi) is 4.21. The van der Waals surface area contributed by atoms with Gasteiger partial charge >= 0.3 is 0 Å². The number of nitrogens with zero attached hydrogens (tertiary/aromatic N) is 1. The minimum absolute atomic E-state index is 0.00940. The van der Waals surface area contributed by atoms with Gasteiger partial charge in [0.15, 0.2) is 0 Å². The molecule has 1 fully saturated rings. The Bertz CT molecular complexity index is 1280. The van der Waals surface area contributed by atoms with Crippen LogP contribution in [0.25, 0.3) is 16.5 Å². The molecule has 1 aliphatic heterocycles. The number of Topliss-reactive ketones (excluding diaryl/α,β-unsaturated/α-hetero) is 1. The Hall–Kier alpha value is -4.12. The van der Waals surface area contributed by atoms with Gasteiger partial charge in [-0.2, -0.15) is 0 Å². The van der Waals surface area contributed by atoms with Crippen molar-refractivity contribution in [2.45, 2.75) is 6.04 Å². The van der Waals surface area contributed by atoms with E-state index in [-0.39, 0.29) is 11.3 Å². The van der Waals surface area contributed by atoms with Crippen molar-refractivity contribution in [3.05, 3.63) is 108 Å². The number of para-hydroxylation sites is 1. The number of benzene rings is 3. The fourth-order valence-electron chi connectivity index (χ4n) is 3.98. The SMILES string of the molecule is O=C1C(=O)N(c2ccccc2)C(c2ccco2)/C1=C(/O)c1cccc2ccccc12. The summed E-state index contributed by atoms with van der Waals surface area (Å²) in [6.45, 7) is 0. The first kappa shape index (κ1) is 17.9. The molecule has 4 aromatic rings. The van der Waals surface area contributed by atoms with Crippen LogP contribution in [0.4, 0.5) is 5.69 Å². The van der Waals surface area contributed by atoms with E-state index in [2.05, 4.69) is 0 Å². The molecule has 0 aliphatic carbocycles. The van der Waals surface area contributed by atoms with Crippen molar-refractivity contribution in [2.24, 2.45) is 0 Å². The average molecular weight is 395 g/mol. The van der Waals surface area contributed by atoms with E-state index in [0.717, 1.165) is 10.8 Å². The normalized spacial score (nSPS) is 18.3. The van der Waals surface area contributed by atoms with Crippen molar-refractivity contribution in [3.8, 4) is 0 Å². The van der Waals surface area contributed by atoms with E-state index in [1.807, 2.05) is 42.5 Å². The first-order valence-electron chi connectivity index (χ1n) is 9.54. The highest BCUT2D eigenvalue weighted by Gasteiger charge is 2.48. The van der Waals surface area contributed by atoms with Crippen LogP contribution in [0.2, 0.25) is 0 Å². The summed E-state index contributed by atoms with van der Waals surface area (Å²) in [5.41, 5.74) is 1.06. The smallest absolute Gasteiger partial charge is 0.300 e. The van der Waals surface area contributed by atoms with Gasteiger partial charge in [-0.15, -0.1) is 0 Å². The van der Waals surface area contributed by atoms with Crippen LogP contribution in [0.3, 0.4) is 0 Å². The first-order chi connectivity index (χ1) is 14.7. The number of anilines is 1. The van der Waals surface area contributed by atoms with Crippen LogP contribution in [0.5, 0.6) is 0 Å². The molecule has 1 saturated heterocycles. The molecule has 1 aliphatic rings. The lowest BCUT2D eigenvalue weighted by Gasteiger charge is -2.23. The Morgan fingerprint density at radius 2 is 1.57 bits per heavy atom. The summed E-state index contributed by atoms with van der Waals surface area (Å²) in [5, 5.41) is 13.0. The topological polar surface area (TPSA) is 70.8 Å². The molecule has 3 aromatic carbocycles. The third kappa shape index (κ3) is 2.71. The Labute approximate surface area is 172 Å². The Morgan fingerprint density at radius 3 is 2.33 bits per heavy atom. The number of aliphatic hydroxyl groups excluding tert-OH is 1. The van der Waals surface area contributed by atoms with Gasteiger partial charge in [-0.05, 0) is 35.0 Å². The van der Waals surface area contributed by atoms with Crippen LogP contribution < -0.4 is 4.90 Å². The predicted molar refractivity (Wildman–Crippen MR) is 114 cm³/mol. The molecule has 5 rings (SSSR count). The average Bonchev–Trinajstić information content (AvgIpc) is 3.40. The van der Waals surface area contributed by atoms with E-state index >= 15 is 0 Å². The molecule has 0 bridgehead atoms. The van der Waals surface area contributed by atoms with E-state index in [1.165, 1.54) is 11.2 Å². The lowest BCUT2D eigenvalue weighted by molar-refractivity contribution is -0.132. The van der Waals surface area contributed by atoms with Crippen molar-refractivity contribution < 1.29 is 19.1 Å². The van der Waals surface area contributed by atoms with Gasteiger partial charge in [0, 0.05) is 11.3 Å². The predicted octanol–water partition coefficient (Wildman–Crippen LogP) is 5.06. The summed E-state index contributed by atoms with van der Waals surface area (Å²) in [4.78, 5) is 27.5. The maximum atomic E-state index is 13.1. The number of carbonyl (C=O) groups is 2. The maximum absolute atomic E-state index is 13.1. The van der Waals surface area contributed by atoms with Gasteiger partial charge in [-0.25, -0.2) is 0 Å². The molecule has 0 radical (unpaired) electrons. The van der Waals surface area contributed by atoms with Crippen molar-refractivity contribution in [3.63, 3.8) is 0 Å². The monoisotopic (exact) mass is 395 g/mol. The number of amides is 1. The zero-order valence-corrected chi connectivity index (χ0v) is 15.9. The number of aliphatic hydroxyl groups is 1. The molecule has 0 spiro atoms. The molecule has 1 aromatic heterocycles. The first-order valence-corrected chi connectivity index (χ1v) is 9.54. The van der Waals surface area contributed by atoms with Crippen LogP contribution in [0.15, 0.2) is 101 Å². The minimum Gasteiger partial charge on any atom is -0.507 e. The standard InChI is InChI=1S/C25H17NO4/c27-23(19-13-6-9-16-8-4-5-12-18(16)19)21-22(20-14-7-15-30-20)26(25(29)24(21)28)17-10-2-1-3-11-17/h1-15,22,27H/b23-21-. The van der Waals surface area contributed by atoms with Gasteiger partial charge in [-0.1, -0.05) is 60.7 Å². The van der Waals surface area contributed by atoms with Crippen molar-refractivity contribution in [1.29, 1.82) is 0 Å². The zero-order chi connectivity index (χ0) is 20.7. The van der Waals surface area contributed by atoms with Crippen molar-refractivity contribution >= 4 is 33.9 Å². The highest BCUT2D eigenvalue weighted by molar-refractivity contribution is 6.51. The van der Waals surface area contributed by atoms with Gasteiger partial charge in [0.25, 0.3) is 11.7 Å². The molecule has 5 nitrogen and oxygen atoms in total. The van der Waals surface area contributed by atoms with Crippen LogP contribution >= 0.6 is 0 Å². The molecule has 1 amide bonds. The van der Waals surface area contributed by atoms with Crippen molar-refractivity contribution in [2.75, 3.05) is 4.90 Å². The molecule has 2 heterocycles. The lowest BCUT2D eigenvalue weighted by Crippen LogP contribution is -2.29. The summed E-state index contributed by atoms with van der Waals surface area (Å²) >= 11 is 0. The number of ketones is 1. The van der Waals surface area contributed by atoms with Gasteiger partial charge in [-0.3, -0.25) is 14.5 Å². The summed E-state index contributed by atoms with van der Waals surface area (Å²) < 4.78 is 5.58. The molecule has 1 atom stereocenters. The molecular formula is C25H17NO4. The second-order valence-corrected chi connectivity index (χ2v) is 7.05. The van der Waals surface area contributed by atoms with Crippen LogP contribution in [-0.4, -0.2) is 16.8 Å². The summed E-state index contributed by atoms with van der Waals surface area (Å²) in [6, 6.07) is 24.5. The van der Waals surface area contributed by atoms with Crippen LogP contribution in [0.1, 0.15) is 17.4 Å². The van der Waals surface area contributed by atoms with Crippen LogP contribution in [-0.2, 0) is 9.59 Å². The highest BCUT2D eigenvalue weighted by Crippen LogP contribution is 2.42. The lowest BCUT2D eigenvalue weighted by atomic mass is 9.96. The third-order valence-electron chi connectivity index (χ3n) is 5.34. The number of carbonyl (C=O) groups excluding carboxylic acids is 2. The maximum Gasteiger partial charge on any atom is 0.300 e. The second-order valence-electron chi connectivity index (χ2n) is 7.05. The van der Waals surface area contributed by atoms with E-state index in [9.17, 15) is 14.7 Å². The fourth-order valence-corrected chi connectivity index (χ4v) is 3.98. The Morgan fingerprint density at radius 1 is 0.833 bits per heavy atom. The zero-order valence-electron chi connectivity index (χ0n) is 15.9. The van der Waals surface area contributed by atoms with Gasteiger partial charge in [0.1, 0.15) is 17.6 Å². The molecule has 0 saturated carbocycles. The molecular weight excluding hydrogens is 378 g/mol. The molecule has 1 N–H and O–H groups in total. The fraction of sp³-hybridized carbons (Fsp3) is 0.0400. The number of rotatable bonds is 3. The minimum atomic E-state index is -0.860. The Balaban J connectivity index is 1.77. The van der Waals surface area contributed by atoms with E-state index in [4.69, 9.17) is 4.42 Å². The quantitative estimate of drug-likeness (QED) is 0.299. The van der Waals surface area contributed by atoms with E-state index in [0.29, 0.717) is 17.0 Å². The van der Waals surface area contributed by atoms with Gasteiger partial charge < -0.3 is 9.52 Å². The van der Waals surface area contributed by atoms with E-state index in [1.54, 1.807) is 42.5 Å². The highest BCUT2D eigenvalue weighted by atomic mass is 16.3. The summed E-state index contributed by atoms with van der Waals surface area (Å²) in [7, 11) is 0. The number of hydrogen-bond acceptors (Lipinski definition) is 4. The summed E-state index contributed by atoms with van der Waals surface area (Å²) in [5.74, 6) is -1.26. The number of furan rings is 1. The van der Waals surface area contributed by atoms with Crippen molar-refractivity contribution in [1.82, 2.24) is 0 Å². The molecule has 146 valence electrons. The van der Waals surface area contributed by atoms with Crippen LogP contribution in [0, 0.1) is 0 Å². The molecule has 30 heavy (non-hydrogen) atoms. The molecule has 5 heteroatoms. The number of hydrogen-bond donors (Lipinski definition) is 1. The molecule has 1 unspecified atom stereocenters. The second kappa shape index (κ2) is 7.04. The number of fused-ring (bicyclic) bond motifs is 1.